The fraction of sp³-hybridized carbons (Fsp3) is 0.611. The SMILES string of the molecule is Cc1cc(Cl)ccc1OC(C)C(=O)NC1CCCCCCC1. The van der Waals surface area contributed by atoms with Crippen LogP contribution in [0.3, 0.4) is 0 Å². The summed E-state index contributed by atoms with van der Waals surface area (Å²) >= 11 is 5.94. The lowest BCUT2D eigenvalue weighted by Crippen LogP contribution is -2.42. The molecule has 1 unspecified atom stereocenters. The van der Waals surface area contributed by atoms with Gasteiger partial charge in [0.1, 0.15) is 5.75 Å². The van der Waals surface area contributed by atoms with E-state index in [0.717, 1.165) is 18.4 Å². The van der Waals surface area contributed by atoms with E-state index in [0.29, 0.717) is 16.8 Å². The van der Waals surface area contributed by atoms with Gasteiger partial charge in [0.05, 0.1) is 0 Å². The normalized spacial score (nSPS) is 18.1. The second-order valence-electron chi connectivity index (χ2n) is 6.22. The van der Waals surface area contributed by atoms with Gasteiger partial charge in [0, 0.05) is 11.1 Å². The molecule has 0 aromatic heterocycles. The van der Waals surface area contributed by atoms with Gasteiger partial charge in [-0.25, -0.2) is 0 Å². The number of carbonyl (C=O) groups excluding carboxylic acids is 1. The summed E-state index contributed by atoms with van der Waals surface area (Å²) in [5.74, 6) is 0.685. The van der Waals surface area contributed by atoms with Gasteiger partial charge in [0.2, 0.25) is 0 Å². The zero-order valence-corrected chi connectivity index (χ0v) is 14.3. The first kappa shape index (κ1) is 17.1. The Kier molecular flexibility index (Phi) is 6.56. The molecule has 1 amide bonds. The molecule has 1 aliphatic carbocycles. The maximum absolute atomic E-state index is 12.3. The van der Waals surface area contributed by atoms with Crippen molar-refractivity contribution < 1.29 is 9.53 Å². The lowest BCUT2D eigenvalue weighted by atomic mass is 9.96. The Morgan fingerprint density at radius 3 is 2.50 bits per heavy atom. The van der Waals surface area contributed by atoms with Gasteiger partial charge in [0.15, 0.2) is 6.10 Å². The Morgan fingerprint density at radius 1 is 1.23 bits per heavy atom. The van der Waals surface area contributed by atoms with E-state index in [-0.39, 0.29) is 5.91 Å². The second-order valence-corrected chi connectivity index (χ2v) is 6.66. The Balaban J connectivity index is 1.88. The highest BCUT2D eigenvalue weighted by Crippen LogP contribution is 2.23. The second kappa shape index (κ2) is 8.42. The van der Waals surface area contributed by atoms with Gasteiger partial charge >= 0.3 is 0 Å². The number of nitrogens with one attached hydrogen (secondary N) is 1. The summed E-state index contributed by atoms with van der Waals surface area (Å²) in [6.45, 7) is 3.73. The Labute approximate surface area is 138 Å². The molecule has 1 aliphatic rings. The zero-order valence-electron chi connectivity index (χ0n) is 13.5. The maximum Gasteiger partial charge on any atom is 0.260 e. The Hall–Kier alpha value is -1.22. The summed E-state index contributed by atoms with van der Waals surface area (Å²) in [6, 6.07) is 5.74. The minimum Gasteiger partial charge on any atom is -0.481 e. The van der Waals surface area contributed by atoms with Crippen LogP contribution in [0.2, 0.25) is 5.02 Å². The molecule has 2 rings (SSSR count). The van der Waals surface area contributed by atoms with Crippen molar-refractivity contribution in [1.29, 1.82) is 0 Å². The van der Waals surface area contributed by atoms with Gasteiger partial charge in [-0.15, -0.1) is 0 Å². The number of hydrogen-bond donors (Lipinski definition) is 1. The molecule has 1 atom stereocenters. The van der Waals surface area contributed by atoms with Crippen LogP contribution in [-0.4, -0.2) is 18.1 Å². The lowest BCUT2D eigenvalue weighted by molar-refractivity contribution is -0.128. The van der Waals surface area contributed by atoms with Crippen LogP contribution >= 0.6 is 11.6 Å². The molecular formula is C18H26ClNO2. The summed E-state index contributed by atoms with van der Waals surface area (Å²) in [4.78, 5) is 12.3. The first-order valence-corrected chi connectivity index (χ1v) is 8.67. The molecule has 0 radical (unpaired) electrons. The Bertz CT molecular complexity index is 496. The van der Waals surface area contributed by atoms with Crippen molar-refractivity contribution >= 4 is 17.5 Å². The molecule has 3 nitrogen and oxygen atoms in total. The summed E-state index contributed by atoms with van der Waals surface area (Å²) < 4.78 is 5.79. The fourth-order valence-corrected chi connectivity index (χ4v) is 3.13. The average molecular weight is 324 g/mol. The van der Waals surface area contributed by atoms with E-state index in [4.69, 9.17) is 16.3 Å². The number of benzene rings is 1. The Morgan fingerprint density at radius 2 is 1.86 bits per heavy atom. The fourth-order valence-electron chi connectivity index (χ4n) is 2.91. The van der Waals surface area contributed by atoms with E-state index in [1.807, 2.05) is 19.1 Å². The number of amides is 1. The minimum atomic E-state index is -0.495. The van der Waals surface area contributed by atoms with Crippen molar-refractivity contribution in [2.24, 2.45) is 0 Å². The van der Waals surface area contributed by atoms with E-state index in [1.165, 1.54) is 32.1 Å². The number of halogens is 1. The summed E-state index contributed by atoms with van der Waals surface area (Å²) in [6.07, 6.45) is 7.97. The van der Waals surface area contributed by atoms with Crippen LogP contribution in [0.25, 0.3) is 0 Å². The molecule has 1 aromatic rings. The molecule has 22 heavy (non-hydrogen) atoms. The van der Waals surface area contributed by atoms with E-state index >= 15 is 0 Å². The van der Waals surface area contributed by atoms with Crippen LogP contribution < -0.4 is 10.1 Å². The predicted molar refractivity (Wildman–Crippen MR) is 90.5 cm³/mol. The highest BCUT2D eigenvalue weighted by molar-refractivity contribution is 6.30. The van der Waals surface area contributed by atoms with Crippen molar-refractivity contribution in [2.75, 3.05) is 0 Å². The molecule has 1 fully saturated rings. The number of hydrogen-bond acceptors (Lipinski definition) is 2. The van der Waals surface area contributed by atoms with Gasteiger partial charge in [-0.05, 0) is 50.5 Å². The van der Waals surface area contributed by atoms with Crippen molar-refractivity contribution in [3.63, 3.8) is 0 Å². The summed E-state index contributed by atoms with van der Waals surface area (Å²) in [5, 5.41) is 3.82. The van der Waals surface area contributed by atoms with Crippen molar-refractivity contribution in [3.8, 4) is 5.75 Å². The van der Waals surface area contributed by atoms with E-state index in [1.54, 1.807) is 13.0 Å². The molecule has 1 saturated carbocycles. The number of aryl methyl sites for hydroxylation is 1. The smallest absolute Gasteiger partial charge is 0.260 e. The highest BCUT2D eigenvalue weighted by atomic mass is 35.5. The quantitative estimate of drug-likeness (QED) is 0.876. The van der Waals surface area contributed by atoms with Crippen LogP contribution in [-0.2, 0) is 4.79 Å². The average Bonchev–Trinajstić information content (AvgIpc) is 2.44. The van der Waals surface area contributed by atoms with Gasteiger partial charge in [-0.3, -0.25) is 4.79 Å². The minimum absolute atomic E-state index is 0.0278. The lowest BCUT2D eigenvalue weighted by Gasteiger charge is -2.23. The van der Waals surface area contributed by atoms with Gasteiger partial charge < -0.3 is 10.1 Å². The molecule has 0 saturated heterocycles. The largest absolute Gasteiger partial charge is 0.481 e. The predicted octanol–water partition coefficient (Wildman–Crippen LogP) is 4.64. The van der Waals surface area contributed by atoms with Crippen LogP contribution in [0.15, 0.2) is 18.2 Å². The summed E-state index contributed by atoms with van der Waals surface area (Å²) in [7, 11) is 0. The van der Waals surface area contributed by atoms with Crippen LogP contribution in [0.5, 0.6) is 5.75 Å². The van der Waals surface area contributed by atoms with Gasteiger partial charge in [0.25, 0.3) is 5.91 Å². The van der Waals surface area contributed by atoms with Crippen molar-refractivity contribution in [2.45, 2.75) is 70.9 Å². The first-order valence-electron chi connectivity index (χ1n) is 8.29. The third-order valence-corrected chi connectivity index (χ3v) is 4.50. The number of ether oxygens (including phenoxy) is 1. The van der Waals surface area contributed by atoms with Gasteiger partial charge in [-0.2, -0.15) is 0 Å². The molecule has 1 aromatic carbocycles. The van der Waals surface area contributed by atoms with Gasteiger partial charge in [-0.1, -0.05) is 43.7 Å². The molecular weight excluding hydrogens is 298 g/mol. The first-order chi connectivity index (χ1) is 10.6. The number of rotatable bonds is 4. The van der Waals surface area contributed by atoms with Crippen molar-refractivity contribution in [3.05, 3.63) is 28.8 Å². The maximum atomic E-state index is 12.3. The van der Waals surface area contributed by atoms with Crippen LogP contribution in [0.4, 0.5) is 0 Å². The van der Waals surface area contributed by atoms with Crippen molar-refractivity contribution in [1.82, 2.24) is 5.32 Å². The highest BCUT2D eigenvalue weighted by Gasteiger charge is 2.20. The third-order valence-electron chi connectivity index (χ3n) is 4.26. The molecule has 0 bridgehead atoms. The molecule has 1 N–H and O–H groups in total. The van der Waals surface area contributed by atoms with E-state index in [2.05, 4.69) is 5.32 Å². The summed E-state index contributed by atoms with van der Waals surface area (Å²) in [5.41, 5.74) is 0.943. The molecule has 4 heteroatoms. The van der Waals surface area contributed by atoms with E-state index in [9.17, 15) is 4.79 Å². The number of carbonyl (C=O) groups is 1. The monoisotopic (exact) mass is 323 g/mol. The topological polar surface area (TPSA) is 38.3 Å². The van der Waals surface area contributed by atoms with E-state index < -0.39 is 6.10 Å². The standard InChI is InChI=1S/C18H26ClNO2/c1-13-12-15(19)10-11-17(13)22-14(2)18(21)20-16-8-6-4-3-5-7-9-16/h10-12,14,16H,3-9H2,1-2H3,(H,20,21). The molecule has 122 valence electrons. The van der Waals surface area contributed by atoms with Crippen LogP contribution in [0.1, 0.15) is 57.4 Å². The van der Waals surface area contributed by atoms with Crippen LogP contribution in [0, 0.1) is 6.92 Å². The molecule has 0 aliphatic heterocycles. The third kappa shape index (κ3) is 5.20. The molecule has 0 heterocycles. The zero-order chi connectivity index (χ0) is 15.9. The molecule has 0 spiro atoms.